The highest BCUT2D eigenvalue weighted by Crippen LogP contribution is 2.33. The van der Waals surface area contributed by atoms with Crippen LogP contribution >= 0.6 is 34.8 Å². The lowest BCUT2D eigenvalue weighted by Crippen LogP contribution is -2.30. The zero-order valence-electron chi connectivity index (χ0n) is 11.1. The third-order valence-corrected chi connectivity index (χ3v) is 4.57. The van der Waals surface area contributed by atoms with Crippen molar-refractivity contribution in [2.75, 3.05) is 5.32 Å². The van der Waals surface area contributed by atoms with E-state index in [0.717, 1.165) is 19.3 Å². The van der Waals surface area contributed by atoms with Gasteiger partial charge in [-0.15, -0.1) is 0 Å². The van der Waals surface area contributed by atoms with Gasteiger partial charge in [-0.3, -0.25) is 5.32 Å². The number of halogens is 3. The lowest BCUT2D eigenvalue weighted by molar-refractivity contribution is 0.0524. The average Bonchev–Trinajstić information content (AvgIpc) is 2.39. The van der Waals surface area contributed by atoms with Crippen LogP contribution in [-0.4, -0.2) is 12.2 Å². The van der Waals surface area contributed by atoms with Crippen LogP contribution < -0.4 is 5.32 Å². The fourth-order valence-corrected chi connectivity index (χ4v) is 2.95. The van der Waals surface area contributed by atoms with Crippen molar-refractivity contribution < 1.29 is 9.53 Å². The fourth-order valence-electron chi connectivity index (χ4n) is 2.35. The third kappa shape index (κ3) is 3.94. The molecular formula is C14H16Cl3NO2. The number of hydrogen-bond donors (Lipinski definition) is 1. The van der Waals surface area contributed by atoms with Crippen molar-refractivity contribution in [3.8, 4) is 0 Å². The van der Waals surface area contributed by atoms with Crippen molar-refractivity contribution in [1.29, 1.82) is 0 Å². The standard InChI is InChI=1S/C14H16Cl3NO2/c1-8-4-2-3-5-13(8)20-14(19)18-12-7-10(16)9(15)6-11(12)17/h6-8,13H,2-5H2,1H3,(H,18,19)/t8-,13-/m0/s1. The second-order valence-electron chi connectivity index (χ2n) is 5.08. The Hall–Kier alpha value is -0.640. The first-order valence-electron chi connectivity index (χ1n) is 6.59. The van der Waals surface area contributed by atoms with Gasteiger partial charge in [0.25, 0.3) is 0 Å². The molecule has 1 amide bonds. The van der Waals surface area contributed by atoms with Crippen molar-refractivity contribution in [1.82, 2.24) is 0 Å². The van der Waals surface area contributed by atoms with Gasteiger partial charge >= 0.3 is 6.09 Å². The summed E-state index contributed by atoms with van der Waals surface area (Å²) in [4.78, 5) is 11.9. The Kier molecular flexibility index (Phi) is 5.42. The molecule has 0 heterocycles. The molecule has 0 spiro atoms. The number of carbonyl (C=O) groups excluding carboxylic acids is 1. The molecule has 0 aromatic heterocycles. The van der Waals surface area contributed by atoms with Gasteiger partial charge < -0.3 is 4.74 Å². The summed E-state index contributed by atoms with van der Waals surface area (Å²) < 4.78 is 5.45. The highest BCUT2D eigenvalue weighted by molar-refractivity contribution is 6.44. The lowest BCUT2D eigenvalue weighted by Gasteiger charge is -2.28. The van der Waals surface area contributed by atoms with E-state index in [4.69, 9.17) is 39.5 Å². The highest BCUT2D eigenvalue weighted by Gasteiger charge is 2.25. The number of amides is 1. The molecule has 6 heteroatoms. The Morgan fingerprint density at radius 2 is 1.80 bits per heavy atom. The monoisotopic (exact) mass is 335 g/mol. The highest BCUT2D eigenvalue weighted by atomic mass is 35.5. The van der Waals surface area contributed by atoms with Crippen LogP contribution in [0, 0.1) is 5.92 Å². The molecule has 0 bridgehead atoms. The van der Waals surface area contributed by atoms with Gasteiger partial charge in [0.2, 0.25) is 0 Å². The van der Waals surface area contributed by atoms with E-state index < -0.39 is 6.09 Å². The van der Waals surface area contributed by atoms with Gasteiger partial charge in [-0.2, -0.15) is 0 Å². The van der Waals surface area contributed by atoms with Gasteiger partial charge in [0.1, 0.15) is 6.10 Å². The number of carbonyl (C=O) groups is 1. The molecule has 1 saturated carbocycles. The summed E-state index contributed by atoms with van der Waals surface area (Å²) in [6, 6.07) is 3.00. The minimum absolute atomic E-state index is 0.0368. The Balaban J connectivity index is 1.99. The van der Waals surface area contributed by atoms with E-state index in [1.807, 2.05) is 0 Å². The van der Waals surface area contributed by atoms with Gasteiger partial charge in [0, 0.05) is 0 Å². The second-order valence-corrected chi connectivity index (χ2v) is 6.30. The maximum absolute atomic E-state index is 11.9. The predicted molar refractivity (Wildman–Crippen MR) is 83.0 cm³/mol. The average molecular weight is 337 g/mol. The van der Waals surface area contributed by atoms with Crippen molar-refractivity contribution in [2.45, 2.75) is 38.7 Å². The first kappa shape index (κ1) is 15.7. The van der Waals surface area contributed by atoms with E-state index in [1.54, 1.807) is 0 Å². The van der Waals surface area contributed by atoms with Crippen LogP contribution in [0.2, 0.25) is 15.1 Å². The zero-order chi connectivity index (χ0) is 14.7. The fraction of sp³-hybridized carbons (Fsp3) is 0.500. The third-order valence-electron chi connectivity index (χ3n) is 3.54. The normalized spacial score (nSPS) is 22.4. The molecule has 20 heavy (non-hydrogen) atoms. The van der Waals surface area contributed by atoms with Crippen LogP contribution in [0.4, 0.5) is 10.5 Å². The number of anilines is 1. The molecule has 2 atom stereocenters. The zero-order valence-corrected chi connectivity index (χ0v) is 13.4. The SMILES string of the molecule is C[C@H]1CCCC[C@@H]1OC(=O)Nc1cc(Cl)c(Cl)cc1Cl. The molecule has 0 saturated heterocycles. The van der Waals surface area contributed by atoms with Crippen LogP contribution in [0.15, 0.2) is 12.1 Å². The van der Waals surface area contributed by atoms with Crippen molar-refractivity contribution in [3.63, 3.8) is 0 Å². The summed E-state index contributed by atoms with van der Waals surface area (Å²) in [7, 11) is 0. The van der Waals surface area contributed by atoms with E-state index in [0.29, 0.717) is 26.7 Å². The largest absolute Gasteiger partial charge is 0.446 e. The summed E-state index contributed by atoms with van der Waals surface area (Å²) in [6.45, 7) is 2.10. The maximum Gasteiger partial charge on any atom is 0.411 e. The van der Waals surface area contributed by atoms with E-state index >= 15 is 0 Å². The van der Waals surface area contributed by atoms with E-state index in [2.05, 4.69) is 12.2 Å². The molecule has 1 N–H and O–H groups in total. The van der Waals surface area contributed by atoms with Gasteiger partial charge in [0.05, 0.1) is 20.8 Å². The summed E-state index contributed by atoms with van der Waals surface area (Å²) >= 11 is 17.7. The van der Waals surface area contributed by atoms with Gasteiger partial charge in [0.15, 0.2) is 0 Å². The number of hydrogen-bond acceptors (Lipinski definition) is 2. The van der Waals surface area contributed by atoms with E-state index in [-0.39, 0.29) is 6.10 Å². The molecule has 1 aromatic rings. The van der Waals surface area contributed by atoms with Crippen LogP contribution in [0.5, 0.6) is 0 Å². The van der Waals surface area contributed by atoms with E-state index in [1.165, 1.54) is 18.6 Å². The molecule has 0 unspecified atom stereocenters. The number of ether oxygens (including phenoxy) is 1. The predicted octanol–water partition coefficient (Wildman–Crippen LogP) is 5.77. The van der Waals surface area contributed by atoms with Crippen LogP contribution in [0.25, 0.3) is 0 Å². The minimum Gasteiger partial charge on any atom is -0.446 e. The first-order chi connectivity index (χ1) is 9.47. The molecule has 0 radical (unpaired) electrons. The quantitative estimate of drug-likeness (QED) is 0.696. The van der Waals surface area contributed by atoms with Gasteiger partial charge in [-0.05, 0) is 37.3 Å². The van der Waals surface area contributed by atoms with Crippen molar-refractivity contribution in [3.05, 3.63) is 27.2 Å². The Morgan fingerprint density at radius 3 is 2.50 bits per heavy atom. The van der Waals surface area contributed by atoms with Gasteiger partial charge in [-0.25, -0.2) is 4.79 Å². The summed E-state index contributed by atoms with van der Waals surface area (Å²) in [5.74, 6) is 0.388. The molecular weight excluding hydrogens is 321 g/mol. The van der Waals surface area contributed by atoms with Gasteiger partial charge in [-0.1, -0.05) is 48.1 Å². The van der Waals surface area contributed by atoms with Crippen LogP contribution in [-0.2, 0) is 4.74 Å². The smallest absolute Gasteiger partial charge is 0.411 e. The molecule has 1 aliphatic carbocycles. The maximum atomic E-state index is 11.9. The number of benzene rings is 1. The first-order valence-corrected chi connectivity index (χ1v) is 7.73. The Morgan fingerprint density at radius 1 is 1.15 bits per heavy atom. The summed E-state index contributed by atoms with van der Waals surface area (Å²) in [5, 5.41) is 3.61. The van der Waals surface area contributed by atoms with E-state index in [9.17, 15) is 4.79 Å². The molecule has 3 nitrogen and oxygen atoms in total. The lowest BCUT2D eigenvalue weighted by atomic mass is 9.88. The molecule has 1 fully saturated rings. The van der Waals surface area contributed by atoms with Crippen molar-refractivity contribution >= 4 is 46.6 Å². The molecule has 0 aliphatic heterocycles. The number of rotatable bonds is 2. The Labute approximate surface area is 133 Å². The van der Waals surface area contributed by atoms with Crippen LogP contribution in [0.1, 0.15) is 32.6 Å². The topological polar surface area (TPSA) is 38.3 Å². The number of nitrogens with one attached hydrogen (secondary N) is 1. The molecule has 1 aliphatic rings. The summed E-state index contributed by atoms with van der Waals surface area (Å²) in [6.07, 6.45) is 3.74. The van der Waals surface area contributed by atoms with Crippen LogP contribution in [0.3, 0.4) is 0 Å². The molecule has 2 rings (SSSR count). The molecule has 110 valence electrons. The summed E-state index contributed by atoms with van der Waals surface area (Å²) in [5.41, 5.74) is 0.398. The second kappa shape index (κ2) is 6.88. The minimum atomic E-state index is -0.510. The molecule has 1 aromatic carbocycles. The Bertz CT molecular complexity index is 507. The van der Waals surface area contributed by atoms with Crippen molar-refractivity contribution in [2.24, 2.45) is 5.92 Å².